The van der Waals surface area contributed by atoms with Crippen LogP contribution >= 0.6 is 39.0 Å². The summed E-state index contributed by atoms with van der Waals surface area (Å²) in [6, 6.07) is 13.9. The second kappa shape index (κ2) is 11.7. The molecule has 7 nitrogen and oxygen atoms in total. The number of thioether (sulfide) groups is 1. The van der Waals surface area contributed by atoms with Crippen LogP contribution in [0.5, 0.6) is 5.75 Å². The van der Waals surface area contributed by atoms with Crippen LogP contribution in [0.2, 0.25) is 0 Å². The molecule has 180 valence electrons. The molecule has 2 heterocycles. The lowest BCUT2D eigenvalue weighted by molar-refractivity contribution is -0.113. The van der Waals surface area contributed by atoms with Crippen molar-refractivity contribution in [3.63, 3.8) is 0 Å². The van der Waals surface area contributed by atoms with E-state index in [4.69, 9.17) is 4.74 Å². The van der Waals surface area contributed by atoms with Crippen LogP contribution in [0.3, 0.4) is 0 Å². The second-order valence-corrected chi connectivity index (χ2v) is 10.5. The maximum absolute atomic E-state index is 12.6. The number of allylic oxidation sites excluding steroid dienone is 1. The van der Waals surface area contributed by atoms with Crippen molar-refractivity contribution < 1.29 is 9.53 Å². The van der Waals surface area contributed by atoms with Crippen LogP contribution < -0.4 is 10.1 Å². The smallest absolute Gasteiger partial charge is 0.236 e. The number of anilines is 1. The molecule has 0 bridgehead atoms. The molecule has 0 atom stereocenters. The van der Waals surface area contributed by atoms with Gasteiger partial charge >= 0.3 is 0 Å². The van der Waals surface area contributed by atoms with Gasteiger partial charge in [0.25, 0.3) is 0 Å². The van der Waals surface area contributed by atoms with Gasteiger partial charge in [0.05, 0.1) is 11.4 Å². The number of aromatic nitrogens is 4. The fourth-order valence-corrected chi connectivity index (χ4v) is 5.09. The Morgan fingerprint density at radius 1 is 1.23 bits per heavy atom. The van der Waals surface area contributed by atoms with Gasteiger partial charge in [-0.25, -0.2) is 4.98 Å². The zero-order valence-electron chi connectivity index (χ0n) is 19.3. The molecule has 0 radical (unpaired) electrons. The van der Waals surface area contributed by atoms with E-state index in [0.717, 1.165) is 27.0 Å². The molecule has 35 heavy (non-hydrogen) atoms. The number of hydrogen-bond donors (Lipinski definition) is 1. The first-order chi connectivity index (χ1) is 16.9. The zero-order valence-corrected chi connectivity index (χ0v) is 22.5. The van der Waals surface area contributed by atoms with Crippen LogP contribution in [0.1, 0.15) is 17.0 Å². The Morgan fingerprint density at radius 2 is 2.03 bits per heavy atom. The van der Waals surface area contributed by atoms with E-state index >= 15 is 0 Å². The minimum Gasteiger partial charge on any atom is -0.485 e. The Morgan fingerprint density at radius 3 is 2.77 bits per heavy atom. The summed E-state index contributed by atoms with van der Waals surface area (Å²) in [5.41, 5.74) is 4.07. The van der Waals surface area contributed by atoms with E-state index in [9.17, 15) is 4.79 Å². The number of ether oxygens (including phenoxy) is 1. The monoisotopic (exact) mass is 569 g/mol. The van der Waals surface area contributed by atoms with E-state index in [1.165, 1.54) is 28.7 Å². The summed E-state index contributed by atoms with van der Waals surface area (Å²) in [4.78, 5) is 17.1. The number of hydrogen-bond acceptors (Lipinski definition) is 7. The summed E-state index contributed by atoms with van der Waals surface area (Å²) in [5.74, 6) is 1.50. The number of carbonyl (C=O) groups excluding carboxylic acids is 1. The molecule has 0 saturated carbocycles. The summed E-state index contributed by atoms with van der Waals surface area (Å²) in [5, 5.41) is 14.5. The first kappa shape index (κ1) is 25.2. The van der Waals surface area contributed by atoms with Crippen molar-refractivity contribution in [3.8, 4) is 17.0 Å². The first-order valence-electron chi connectivity index (χ1n) is 10.8. The van der Waals surface area contributed by atoms with E-state index in [2.05, 4.69) is 49.1 Å². The highest BCUT2D eigenvalue weighted by Gasteiger charge is 2.15. The number of nitrogens with zero attached hydrogens (tertiary/aromatic N) is 4. The SMILES string of the molecule is C=CCn1c(COc2ccc(C)cc2C)nnc1SCC(=O)Nc1nc(-c2ccc(Br)cc2)cs1. The highest BCUT2D eigenvalue weighted by Crippen LogP contribution is 2.27. The van der Waals surface area contributed by atoms with Gasteiger partial charge in [0, 0.05) is 22.0 Å². The molecule has 2 aromatic heterocycles. The van der Waals surface area contributed by atoms with Crippen LogP contribution in [-0.4, -0.2) is 31.4 Å². The molecule has 0 unspecified atom stereocenters. The Balaban J connectivity index is 1.35. The van der Waals surface area contributed by atoms with Crippen molar-refractivity contribution in [2.24, 2.45) is 0 Å². The molecule has 1 amide bonds. The third kappa shape index (κ3) is 6.59. The number of halogens is 1. The largest absolute Gasteiger partial charge is 0.485 e. The fourth-order valence-electron chi connectivity index (χ4n) is 3.32. The number of aryl methyl sites for hydroxylation is 2. The van der Waals surface area contributed by atoms with Gasteiger partial charge in [0.1, 0.15) is 12.4 Å². The average Bonchev–Trinajstić information content (AvgIpc) is 3.45. The lowest BCUT2D eigenvalue weighted by Gasteiger charge is -2.11. The predicted molar refractivity (Wildman–Crippen MR) is 145 cm³/mol. The normalized spacial score (nSPS) is 10.8. The second-order valence-electron chi connectivity index (χ2n) is 7.74. The predicted octanol–water partition coefficient (Wildman–Crippen LogP) is 6.28. The van der Waals surface area contributed by atoms with Gasteiger partial charge in [-0.15, -0.1) is 28.1 Å². The molecule has 0 fully saturated rings. The molecule has 4 rings (SSSR count). The quantitative estimate of drug-likeness (QED) is 0.179. The number of nitrogens with one attached hydrogen (secondary N) is 1. The number of carbonyl (C=O) groups is 1. The highest BCUT2D eigenvalue weighted by atomic mass is 79.9. The Kier molecular flexibility index (Phi) is 8.37. The van der Waals surface area contributed by atoms with Gasteiger partial charge in [-0.1, -0.05) is 63.6 Å². The summed E-state index contributed by atoms with van der Waals surface area (Å²) >= 11 is 6.14. The molecular formula is C25H24BrN5O2S2. The van der Waals surface area contributed by atoms with Crippen LogP contribution in [-0.2, 0) is 17.9 Å². The molecule has 1 N–H and O–H groups in total. The molecule has 0 saturated heterocycles. The fraction of sp³-hybridized carbons (Fsp3) is 0.200. The average molecular weight is 571 g/mol. The molecule has 0 aliphatic heterocycles. The molecular weight excluding hydrogens is 546 g/mol. The lowest BCUT2D eigenvalue weighted by Crippen LogP contribution is -2.15. The van der Waals surface area contributed by atoms with Crippen molar-refractivity contribution in [2.75, 3.05) is 11.1 Å². The van der Waals surface area contributed by atoms with E-state index in [-0.39, 0.29) is 18.3 Å². The molecule has 10 heteroatoms. The molecule has 0 spiro atoms. The lowest BCUT2D eigenvalue weighted by atomic mass is 10.1. The van der Waals surface area contributed by atoms with Gasteiger partial charge in [0.15, 0.2) is 16.1 Å². The van der Waals surface area contributed by atoms with Gasteiger partial charge in [-0.05, 0) is 37.6 Å². The van der Waals surface area contributed by atoms with Gasteiger partial charge in [0.2, 0.25) is 5.91 Å². The molecule has 4 aromatic rings. The summed E-state index contributed by atoms with van der Waals surface area (Å²) in [6.07, 6.45) is 1.77. The van der Waals surface area contributed by atoms with E-state index in [1.807, 2.05) is 60.2 Å². The van der Waals surface area contributed by atoms with E-state index in [0.29, 0.717) is 22.7 Å². The van der Waals surface area contributed by atoms with Gasteiger partial charge in [-0.3, -0.25) is 9.36 Å². The molecule has 0 aliphatic carbocycles. The Bertz CT molecular complexity index is 1330. The highest BCUT2D eigenvalue weighted by molar-refractivity contribution is 9.10. The summed E-state index contributed by atoms with van der Waals surface area (Å²) < 4.78 is 8.88. The Hall–Kier alpha value is -2.95. The Labute approximate surface area is 220 Å². The van der Waals surface area contributed by atoms with E-state index < -0.39 is 0 Å². The maximum Gasteiger partial charge on any atom is 0.236 e. The number of benzene rings is 2. The van der Waals surface area contributed by atoms with Crippen molar-refractivity contribution in [1.82, 2.24) is 19.7 Å². The number of rotatable bonds is 10. The van der Waals surface area contributed by atoms with Gasteiger partial charge < -0.3 is 10.1 Å². The number of amides is 1. The zero-order chi connectivity index (χ0) is 24.8. The van der Waals surface area contributed by atoms with Crippen LogP contribution in [0.4, 0.5) is 5.13 Å². The third-order valence-corrected chi connectivity index (χ3v) is 7.27. The minimum absolute atomic E-state index is 0.159. The standard InChI is InChI=1S/C25H24BrN5O2S2/c1-4-11-31-22(13-33-21-10-5-16(2)12-17(21)3)29-30-25(31)35-15-23(32)28-24-27-20(14-34-24)18-6-8-19(26)9-7-18/h4-10,12,14H,1,11,13,15H2,2-3H3,(H,27,28,32). The van der Waals surface area contributed by atoms with Crippen molar-refractivity contribution >= 4 is 50.1 Å². The summed E-state index contributed by atoms with van der Waals surface area (Å²) in [7, 11) is 0. The topological polar surface area (TPSA) is 81.9 Å². The van der Waals surface area contributed by atoms with Crippen LogP contribution in [0.25, 0.3) is 11.3 Å². The van der Waals surface area contributed by atoms with E-state index in [1.54, 1.807) is 6.08 Å². The minimum atomic E-state index is -0.159. The first-order valence-corrected chi connectivity index (χ1v) is 13.5. The molecule has 2 aromatic carbocycles. The van der Waals surface area contributed by atoms with Crippen LogP contribution in [0, 0.1) is 13.8 Å². The molecule has 0 aliphatic rings. The van der Waals surface area contributed by atoms with Crippen molar-refractivity contribution in [2.45, 2.75) is 32.2 Å². The van der Waals surface area contributed by atoms with Gasteiger partial charge in [-0.2, -0.15) is 0 Å². The number of thiazole rings is 1. The van der Waals surface area contributed by atoms with Crippen molar-refractivity contribution in [3.05, 3.63) is 81.9 Å². The maximum atomic E-state index is 12.6. The van der Waals surface area contributed by atoms with Crippen LogP contribution in [0.15, 0.2) is 70.1 Å². The van der Waals surface area contributed by atoms with Crippen molar-refractivity contribution in [1.29, 1.82) is 0 Å². The summed E-state index contributed by atoms with van der Waals surface area (Å²) in [6.45, 7) is 8.68. The third-order valence-electron chi connectivity index (χ3n) is 5.02.